The summed E-state index contributed by atoms with van der Waals surface area (Å²) in [6, 6.07) is 1.54. The lowest BCUT2D eigenvalue weighted by atomic mass is 9.92. The molecule has 0 bridgehead atoms. The van der Waals surface area contributed by atoms with Gasteiger partial charge in [-0.15, -0.1) is 0 Å². The van der Waals surface area contributed by atoms with Gasteiger partial charge in [-0.2, -0.15) is 0 Å². The van der Waals surface area contributed by atoms with Crippen molar-refractivity contribution >= 4 is 21.6 Å². The number of fused-ring (bicyclic) bond motifs is 1. The predicted octanol–water partition coefficient (Wildman–Crippen LogP) is 4.50. The van der Waals surface area contributed by atoms with Crippen LogP contribution < -0.4 is 5.32 Å². The molecule has 0 saturated heterocycles. The molecule has 0 aromatic heterocycles. The molecule has 17 heavy (non-hydrogen) atoms. The quantitative estimate of drug-likeness (QED) is 0.793. The SMILES string of the molecule is CC(C)CC1CCc2c(F)c(F)cc(Br)c2N1. The van der Waals surface area contributed by atoms with E-state index in [1.54, 1.807) is 0 Å². The van der Waals surface area contributed by atoms with Gasteiger partial charge in [0.05, 0.1) is 5.69 Å². The van der Waals surface area contributed by atoms with Gasteiger partial charge in [-0.3, -0.25) is 0 Å². The maximum Gasteiger partial charge on any atom is 0.164 e. The Balaban J connectivity index is 2.29. The van der Waals surface area contributed by atoms with Gasteiger partial charge >= 0.3 is 0 Å². The third kappa shape index (κ3) is 2.62. The molecule has 1 heterocycles. The molecule has 1 aromatic carbocycles. The van der Waals surface area contributed by atoms with Gasteiger partial charge in [0, 0.05) is 16.1 Å². The zero-order valence-electron chi connectivity index (χ0n) is 9.99. The first-order valence-electron chi connectivity index (χ1n) is 5.92. The highest BCUT2D eigenvalue weighted by atomic mass is 79.9. The van der Waals surface area contributed by atoms with Gasteiger partial charge in [0.2, 0.25) is 0 Å². The molecule has 0 radical (unpaired) electrons. The maximum absolute atomic E-state index is 13.6. The summed E-state index contributed by atoms with van der Waals surface area (Å²) >= 11 is 3.29. The van der Waals surface area contributed by atoms with Crippen LogP contribution in [0.4, 0.5) is 14.5 Å². The molecule has 0 fully saturated rings. The zero-order chi connectivity index (χ0) is 12.6. The van der Waals surface area contributed by atoms with Crippen LogP contribution in [0.1, 0.15) is 32.3 Å². The van der Waals surface area contributed by atoms with Gasteiger partial charge in [0.25, 0.3) is 0 Å². The molecule has 0 aliphatic carbocycles. The Labute approximate surface area is 109 Å². The first-order valence-corrected chi connectivity index (χ1v) is 6.71. The molecule has 94 valence electrons. The Morgan fingerprint density at radius 3 is 2.82 bits per heavy atom. The summed E-state index contributed by atoms with van der Waals surface area (Å²) in [7, 11) is 0. The number of hydrogen-bond donors (Lipinski definition) is 1. The molecule has 4 heteroatoms. The van der Waals surface area contributed by atoms with Gasteiger partial charge in [0.15, 0.2) is 11.6 Å². The molecule has 1 atom stereocenters. The van der Waals surface area contributed by atoms with Gasteiger partial charge in [0.1, 0.15) is 0 Å². The molecule has 1 nitrogen and oxygen atoms in total. The second-order valence-corrected chi connectivity index (χ2v) is 5.87. The van der Waals surface area contributed by atoms with Gasteiger partial charge in [-0.25, -0.2) is 8.78 Å². The van der Waals surface area contributed by atoms with Crippen LogP contribution in [0.5, 0.6) is 0 Å². The fraction of sp³-hybridized carbons (Fsp3) is 0.538. The van der Waals surface area contributed by atoms with Crippen LogP contribution in [0.3, 0.4) is 0 Å². The molecule has 1 unspecified atom stereocenters. The van der Waals surface area contributed by atoms with Crippen LogP contribution in [0.2, 0.25) is 0 Å². The fourth-order valence-electron chi connectivity index (χ4n) is 2.38. The number of anilines is 1. The molecular formula is C13H16BrF2N. The highest BCUT2D eigenvalue weighted by molar-refractivity contribution is 9.10. The van der Waals surface area contributed by atoms with Crippen LogP contribution in [-0.4, -0.2) is 6.04 Å². The Bertz CT molecular complexity index is 432. The Kier molecular flexibility index (Phi) is 3.71. The monoisotopic (exact) mass is 303 g/mol. The zero-order valence-corrected chi connectivity index (χ0v) is 11.6. The van der Waals surface area contributed by atoms with Crippen molar-refractivity contribution in [1.29, 1.82) is 0 Å². The third-order valence-electron chi connectivity index (χ3n) is 3.12. The maximum atomic E-state index is 13.6. The van der Waals surface area contributed by atoms with Crippen molar-refractivity contribution in [3.8, 4) is 0 Å². The second kappa shape index (κ2) is 4.92. The highest BCUT2D eigenvalue weighted by Crippen LogP contribution is 2.36. The van der Waals surface area contributed by atoms with Gasteiger partial charge in [-0.05, 0) is 47.2 Å². The smallest absolute Gasteiger partial charge is 0.164 e. The van der Waals surface area contributed by atoms with Crippen LogP contribution in [0.25, 0.3) is 0 Å². The van der Waals surface area contributed by atoms with Crippen molar-refractivity contribution in [2.24, 2.45) is 5.92 Å². The molecular weight excluding hydrogens is 288 g/mol. The first kappa shape index (κ1) is 12.8. The van der Waals surface area contributed by atoms with Crippen LogP contribution >= 0.6 is 15.9 Å². The summed E-state index contributed by atoms with van der Waals surface area (Å²) in [5.41, 5.74) is 1.19. The molecule has 1 aliphatic rings. The van der Waals surface area contributed by atoms with E-state index in [9.17, 15) is 8.78 Å². The standard InChI is InChI=1S/C13H16BrF2N/c1-7(2)5-8-3-4-9-12(16)11(15)6-10(14)13(9)17-8/h6-8,17H,3-5H2,1-2H3. The fourth-order valence-corrected chi connectivity index (χ4v) is 2.93. The minimum atomic E-state index is -0.778. The second-order valence-electron chi connectivity index (χ2n) is 5.02. The Morgan fingerprint density at radius 2 is 2.18 bits per heavy atom. The average Bonchev–Trinajstić information content (AvgIpc) is 2.25. The Hall–Kier alpha value is -0.640. The van der Waals surface area contributed by atoms with E-state index < -0.39 is 11.6 Å². The molecule has 0 spiro atoms. The van der Waals surface area contributed by atoms with E-state index in [0.717, 1.165) is 18.5 Å². The van der Waals surface area contributed by atoms with Crippen molar-refractivity contribution in [3.63, 3.8) is 0 Å². The van der Waals surface area contributed by atoms with Gasteiger partial charge in [-0.1, -0.05) is 13.8 Å². The summed E-state index contributed by atoms with van der Waals surface area (Å²) in [6.45, 7) is 4.33. The van der Waals surface area contributed by atoms with E-state index in [2.05, 4.69) is 35.1 Å². The highest BCUT2D eigenvalue weighted by Gasteiger charge is 2.25. The lowest BCUT2D eigenvalue weighted by Gasteiger charge is -2.29. The van der Waals surface area contributed by atoms with Crippen LogP contribution in [-0.2, 0) is 6.42 Å². The lowest BCUT2D eigenvalue weighted by Crippen LogP contribution is -2.28. The lowest BCUT2D eigenvalue weighted by molar-refractivity contribution is 0.463. The molecule has 1 aliphatic heterocycles. The summed E-state index contributed by atoms with van der Waals surface area (Å²) in [5.74, 6) is -0.892. The van der Waals surface area contributed by atoms with E-state index >= 15 is 0 Å². The minimum absolute atomic E-state index is 0.351. The first-order chi connectivity index (χ1) is 7.99. The van der Waals surface area contributed by atoms with Crippen molar-refractivity contribution in [2.45, 2.75) is 39.2 Å². The number of halogens is 3. The number of nitrogens with one attached hydrogen (secondary N) is 1. The molecule has 1 N–H and O–H groups in total. The number of rotatable bonds is 2. The van der Waals surface area contributed by atoms with Crippen molar-refractivity contribution in [1.82, 2.24) is 0 Å². The molecule has 2 rings (SSSR count). The van der Waals surface area contributed by atoms with Crippen molar-refractivity contribution in [3.05, 3.63) is 27.7 Å². The van der Waals surface area contributed by atoms with Crippen LogP contribution in [0, 0.1) is 17.6 Å². The van der Waals surface area contributed by atoms with E-state index in [0.29, 0.717) is 28.4 Å². The number of hydrogen-bond acceptors (Lipinski definition) is 1. The number of benzene rings is 1. The van der Waals surface area contributed by atoms with E-state index in [1.165, 1.54) is 6.07 Å². The van der Waals surface area contributed by atoms with Crippen LogP contribution in [0.15, 0.2) is 10.5 Å². The van der Waals surface area contributed by atoms with Crippen molar-refractivity contribution in [2.75, 3.05) is 5.32 Å². The summed E-state index contributed by atoms with van der Waals surface area (Å²) in [5, 5.41) is 3.31. The Morgan fingerprint density at radius 1 is 1.47 bits per heavy atom. The summed E-state index contributed by atoms with van der Waals surface area (Å²) < 4.78 is 27.5. The van der Waals surface area contributed by atoms with E-state index in [4.69, 9.17) is 0 Å². The summed E-state index contributed by atoms with van der Waals surface area (Å²) in [6.07, 6.45) is 2.50. The molecule has 0 saturated carbocycles. The van der Waals surface area contributed by atoms with Crippen molar-refractivity contribution < 1.29 is 8.78 Å². The van der Waals surface area contributed by atoms with E-state index in [1.807, 2.05) is 0 Å². The van der Waals surface area contributed by atoms with Gasteiger partial charge < -0.3 is 5.32 Å². The third-order valence-corrected chi connectivity index (χ3v) is 3.74. The topological polar surface area (TPSA) is 12.0 Å². The predicted molar refractivity (Wildman–Crippen MR) is 69.2 cm³/mol. The van der Waals surface area contributed by atoms with E-state index in [-0.39, 0.29) is 0 Å². The molecule has 1 aromatic rings. The average molecular weight is 304 g/mol. The normalized spacial score (nSPS) is 19.1. The molecule has 0 amide bonds. The minimum Gasteiger partial charge on any atom is -0.381 e. The summed E-state index contributed by atoms with van der Waals surface area (Å²) in [4.78, 5) is 0. The largest absolute Gasteiger partial charge is 0.381 e.